The predicted octanol–water partition coefficient (Wildman–Crippen LogP) is 1.06. The van der Waals surface area contributed by atoms with Gasteiger partial charge in [0, 0.05) is 11.6 Å². The fourth-order valence-corrected chi connectivity index (χ4v) is 2.96. The lowest BCUT2D eigenvalue weighted by Crippen LogP contribution is -2.43. The number of fused-ring (bicyclic) bond motifs is 1. The molecule has 0 unspecified atom stereocenters. The molecular weight excluding hydrogens is 310 g/mol. The largest absolute Gasteiger partial charge is 0.474 e. The van der Waals surface area contributed by atoms with Crippen molar-refractivity contribution >= 4 is 11.6 Å². The lowest BCUT2D eigenvalue weighted by molar-refractivity contribution is -0.111. The van der Waals surface area contributed by atoms with Crippen molar-refractivity contribution in [3.8, 4) is 5.88 Å². The summed E-state index contributed by atoms with van der Waals surface area (Å²) < 4.78 is 12.5. The maximum Gasteiger partial charge on any atom is 0.280 e. The molecule has 0 radical (unpaired) electrons. The van der Waals surface area contributed by atoms with E-state index >= 15 is 0 Å². The number of rotatable bonds is 3. The number of amides is 1. The van der Waals surface area contributed by atoms with Gasteiger partial charge in [-0.3, -0.25) is 14.4 Å². The number of ether oxygens (including phenoxy) is 2. The van der Waals surface area contributed by atoms with E-state index in [-0.39, 0.29) is 11.3 Å². The molecule has 24 heavy (non-hydrogen) atoms. The molecule has 0 saturated carbocycles. The molecule has 126 valence electrons. The maximum atomic E-state index is 12.8. The monoisotopic (exact) mass is 329 g/mol. The third-order valence-corrected chi connectivity index (χ3v) is 4.26. The molecule has 0 atom stereocenters. The second-order valence-corrected chi connectivity index (χ2v) is 6.75. The van der Waals surface area contributed by atoms with Gasteiger partial charge in [-0.2, -0.15) is 0 Å². The molecule has 4 heterocycles. The van der Waals surface area contributed by atoms with E-state index in [2.05, 4.69) is 22.2 Å². The van der Waals surface area contributed by atoms with Gasteiger partial charge in [0.2, 0.25) is 5.88 Å². The van der Waals surface area contributed by atoms with Crippen LogP contribution in [0, 0.1) is 12.3 Å². The van der Waals surface area contributed by atoms with Gasteiger partial charge in [0.25, 0.3) is 5.91 Å². The highest BCUT2D eigenvalue weighted by Gasteiger charge is 2.35. The van der Waals surface area contributed by atoms with E-state index in [1.54, 1.807) is 22.0 Å². The molecule has 0 N–H and O–H groups in total. The quantitative estimate of drug-likeness (QED) is 0.837. The van der Waals surface area contributed by atoms with Crippen molar-refractivity contribution in [1.29, 1.82) is 0 Å². The van der Waals surface area contributed by atoms with Gasteiger partial charge in [-0.05, 0) is 18.6 Å². The normalized spacial score (nSPS) is 18.5. The number of aromatic nitrogens is 4. The number of aryl methyl sites for hydroxylation is 1. The van der Waals surface area contributed by atoms with Crippen LogP contribution in [0.15, 0.2) is 18.5 Å². The van der Waals surface area contributed by atoms with E-state index < -0.39 is 0 Å². The zero-order valence-electron chi connectivity index (χ0n) is 13.7. The summed E-state index contributed by atoms with van der Waals surface area (Å²) >= 11 is 0. The third-order valence-electron chi connectivity index (χ3n) is 4.26. The van der Waals surface area contributed by atoms with Gasteiger partial charge >= 0.3 is 0 Å². The number of carbonyl (C=O) groups is 1. The van der Waals surface area contributed by atoms with Crippen molar-refractivity contribution in [2.45, 2.75) is 20.4 Å². The summed E-state index contributed by atoms with van der Waals surface area (Å²) in [5.41, 5.74) is 2.05. The topological polar surface area (TPSA) is 82.4 Å². The average molecular weight is 329 g/mol. The Labute approximate surface area is 139 Å². The fourth-order valence-electron chi connectivity index (χ4n) is 2.96. The summed E-state index contributed by atoms with van der Waals surface area (Å²) in [6, 6.07) is 1.90. The maximum absolute atomic E-state index is 12.8. The van der Waals surface area contributed by atoms with E-state index in [0.29, 0.717) is 50.2 Å². The molecule has 2 aliphatic rings. The Kier molecular flexibility index (Phi) is 3.49. The van der Waals surface area contributed by atoms with Crippen molar-refractivity contribution in [3.63, 3.8) is 0 Å². The molecule has 1 saturated heterocycles. The standard InChI is InChI=1S/C16H19N5O3/c1-11-5-13-14(17-6-11)24-4-3-21(13)15(22)12-7-20(19-18-12)8-16(2)9-23-10-16/h5-7H,3-4,8-10H2,1-2H3. The van der Waals surface area contributed by atoms with Crippen molar-refractivity contribution in [3.05, 3.63) is 29.7 Å². The van der Waals surface area contributed by atoms with Crippen LogP contribution in [0.4, 0.5) is 5.69 Å². The molecule has 2 aromatic rings. The highest BCUT2D eigenvalue weighted by atomic mass is 16.5. The number of nitrogens with zero attached hydrogens (tertiary/aromatic N) is 5. The number of pyridine rings is 1. The molecule has 1 amide bonds. The van der Waals surface area contributed by atoms with Gasteiger partial charge in [0.1, 0.15) is 12.3 Å². The van der Waals surface area contributed by atoms with Crippen LogP contribution in [-0.4, -0.2) is 52.3 Å². The summed E-state index contributed by atoms with van der Waals surface area (Å²) in [6.07, 6.45) is 3.43. The number of anilines is 1. The molecule has 1 fully saturated rings. The second kappa shape index (κ2) is 5.55. The van der Waals surface area contributed by atoms with Crippen molar-refractivity contribution < 1.29 is 14.3 Å². The van der Waals surface area contributed by atoms with Gasteiger partial charge < -0.3 is 9.47 Å². The van der Waals surface area contributed by atoms with E-state index in [1.165, 1.54) is 0 Å². The Balaban J connectivity index is 1.57. The molecule has 0 aliphatic carbocycles. The van der Waals surface area contributed by atoms with Gasteiger partial charge in [-0.1, -0.05) is 12.1 Å². The third kappa shape index (κ3) is 2.62. The van der Waals surface area contributed by atoms with Gasteiger partial charge in [-0.15, -0.1) is 5.10 Å². The molecule has 0 aromatic carbocycles. The molecule has 0 spiro atoms. The van der Waals surface area contributed by atoms with Crippen molar-refractivity contribution in [2.75, 3.05) is 31.3 Å². The first-order valence-corrected chi connectivity index (χ1v) is 7.93. The van der Waals surface area contributed by atoms with Crippen molar-refractivity contribution in [2.24, 2.45) is 5.41 Å². The molecule has 4 rings (SSSR count). The molecular formula is C16H19N5O3. The number of hydrogen-bond acceptors (Lipinski definition) is 6. The van der Waals surface area contributed by atoms with Crippen LogP contribution in [-0.2, 0) is 11.3 Å². The van der Waals surface area contributed by atoms with E-state index in [9.17, 15) is 4.79 Å². The minimum absolute atomic E-state index is 0.0701. The Hall–Kier alpha value is -2.48. The smallest absolute Gasteiger partial charge is 0.280 e. The van der Waals surface area contributed by atoms with Gasteiger partial charge in [-0.25, -0.2) is 4.98 Å². The first kappa shape index (κ1) is 15.1. The molecule has 2 aliphatic heterocycles. The number of carbonyl (C=O) groups excluding carboxylic acids is 1. The highest BCUT2D eigenvalue weighted by molar-refractivity contribution is 6.05. The minimum atomic E-state index is -0.187. The second-order valence-electron chi connectivity index (χ2n) is 6.75. The van der Waals surface area contributed by atoms with E-state index in [0.717, 1.165) is 5.56 Å². The van der Waals surface area contributed by atoms with Gasteiger partial charge in [0.05, 0.1) is 32.5 Å². The van der Waals surface area contributed by atoms with Crippen LogP contribution >= 0.6 is 0 Å². The Morgan fingerprint density at radius 1 is 1.42 bits per heavy atom. The summed E-state index contributed by atoms with van der Waals surface area (Å²) in [7, 11) is 0. The first-order valence-electron chi connectivity index (χ1n) is 7.93. The zero-order valence-corrected chi connectivity index (χ0v) is 13.7. The van der Waals surface area contributed by atoms with Crippen LogP contribution in [0.1, 0.15) is 23.0 Å². The predicted molar refractivity (Wildman–Crippen MR) is 85.1 cm³/mol. The van der Waals surface area contributed by atoms with E-state index in [4.69, 9.17) is 9.47 Å². The SMILES string of the molecule is Cc1cnc2c(c1)N(C(=O)c1cn(CC3(C)COC3)nn1)CCO2. The molecule has 2 aromatic heterocycles. The lowest BCUT2D eigenvalue weighted by Gasteiger charge is -2.37. The molecule has 8 heteroatoms. The Morgan fingerprint density at radius 3 is 3.00 bits per heavy atom. The van der Waals surface area contributed by atoms with Crippen molar-refractivity contribution in [1.82, 2.24) is 20.0 Å². The van der Waals surface area contributed by atoms with Gasteiger partial charge in [0.15, 0.2) is 5.69 Å². The molecule has 0 bridgehead atoms. The first-order chi connectivity index (χ1) is 11.5. The van der Waals surface area contributed by atoms with Crippen LogP contribution in [0.25, 0.3) is 0 Å². The highest BCUT2D eigenvalue weighted by Crippen LogP contribution is 2.31. The van der Waals surface area contributed by atoms with E-state index in [1.807, 2.05) is 13.0 Å². The minimum Gasteiger partial charge on any atom is -0.474 e. The zero-order chi connectivity index (χ0) is 16.7. The van der Waals surface area contributed by atoms with Crippen LogP contribution in [0.2, 0.25) is 0 Å². The Morgan fingerprint density at radius 2 is 2.25 bits per heavy atom. The van der Waals surface area contributed by atoms with Crippen LogP contribution in [0.3, 0.4) is 0 Å². The summed E-state index contributed by atoms with van der Waals surface area (Å²) in [6.45, 7) is 7.05. The summed E-state index contributed by atoms with van der Waals surface area (Å²) in [5.74, 6) is 0.292. The lowest BCUT2D eigenvalue weighted by atomic mass is 9.89. The van der Waals surface area contributed by atoms with Crippen LogP contribution in [0.5, 0.6) is 5.88 Å². The molecule has 8 nitrogen and oxygen atoms in total. The summed E-state index contributed by atoms with van der Waals surface area (Å²) in [4.78, 5) is 18.7. The number of hydrogen-bond donors (Lipinski definition) is 0. The van der Waals surface area contributed by atoms with Crippen LogP contribution < -0.4 is 9.64 Å². The summed E-state index contributed by atoms with van der Waals surface area (Å²) in [5, 5.41) is 8.14. The average Bonchev–Trinajstić information content (AvgIpc) is 3.00. The Bertz CT molecular complexity index is 784. The fraction of sp³-hybridized carbons (Fsp3) is 0.500.